The number of benzene rings is 1. The predicted molar refractivity (Wildman–Crippen MR) is 90.0 cm³/mol. The van der Waals surface area contributed by atoms with Crippen LogP contribution < -0.4 is 10.2 Å². The minimum Gasteiger partial charge on any atom is -0.356 e. The van der Waals surface area contributed by atoms with Crippen molar-refractivity contribution in [3.05, 3.63) is 36.4 Å². The van der Waals surface area contributed by atoms with Crippen molar-refractivity contribution in [2.75, 3.05) is 24.5 Å². The molecule has 1 unspecified atom stereocenters. The van der Waals surface area contributed by atoms with Crippen LogP contribution >= 0.6 is 0 Å². The molecule has 1 amide bonds. The van der Waals surface area contributed by atoms with Gasteiger partial charge in [-0.25, -0.2) is 4.98 Å². The van der Waals surface area contributed by atoms with Gasteiger partial charge in [-0.2, -0.15) is 0 Å². The summed E-state index contributed by atoms with van der Waals surface area (Å²) in [5, 5.41) is 4.17. The lowest BCUT2D eigenvalue weighted by Crippen LogP contribution is -2.43. The smallest absolute Gasteiger partial charge is 0.224 e. The summed E-state index contributed by atoms with van der Waals surface area (Å²) in [6.07, 6.45) is 2.99. The van der Waals surface area contributed by atoms with Crippen LogP contribution in [0.15, 0.2) is 36.4 Å². The Bertz CT molecular complexity index is 656. The lowest BCUT2D eigenvalue weighted by molar-refractivity contribution is -0.125. The first-order chi connectivity index (χ1) is 10.8. The van der Waals surface area contributed by atoms with E-state index in [0.717, 1.165) is 55.6 Å². The van der Waals surface area contributed by atoms with E-state index in [1.54, 1.807) is 0 Å². The quantitative estimate of drug-likeness (QED) is 0.943. The van der Waals surface area contributed by atoms with Crippen molar-refractivity contribution in [3.8, 4) is 0 Å². The molecule has 0 radical (unpaired) electrons. The molecule has 1 fully saturated rings. The van der Waals surface area contributed by atoms with Gasteiger partial charge in [0, 0.05) is 25.0 Å². The van der Waals surface area contributed by atoms with Crippen molar-refractivity contribution >= 4 is 22.6 Å². The topological polar surface area (TPSA) is 45.2 Å². The van der Waals surface area contributed by atoms with E-state index in [9.17, 15) is 4.79 Å². The fourth-order valence-corrected chi connectivity index (χ4v) is 3.02. The molecule has 1 aliphatic heterocycles. The number of nitrogens with zero attached hydrogens (tertiary/aromatic N) is 2. The van der Waals surface area contributed by atoms with Crippen molar-refractivity contribution in [1.82, 2.24) is 10.3 Å². The Morgan fingerprint density at radius 2 is 2.18 bits per heavy atom. The molecule has 2 heterocycles. The molecule has 4 nitrogen and oxygen atoms in total. The first kappa shape index (κ1) is 14.8. The molecule has 1 saturated heterocycles. The number of hydrogen-bond donors (Lipinski definition) is 1. The largest absolute Gasteiger partial charge is 0.356 e. The highest BCUT2D eigenvalue weighted by molar-refractivity contribution is 5.81. The van der Waals surface area contributed by atoms with Crippen molar-refractivity contribution in [3.63, 3.8) is 0 Å². The number of piperidine rings is 1. The monoisotopic (exact) mass is 297 g/mol. The fourth-order valence-electron chi connectivity index (χ4n) is 3.02. The van der Waals surface area contributed by atoms with Crippen LogP contribution in [0.2, 0.25) is 0 Å². The highest BCUT2D eigenvalue weighted by Crippen LogP contribution is 2.24. The van der Waals surface area contributed by atoms with E-state index < -0.39 is 0 Å². The minimum atomic E-state index is 0.0774. The zero-order valence-corrected chi connectivity index (χ0v) is 13.1. The van der Waals surface area contributed by atoms with E-state index in [1.165, 1.54) is 0 Å². The number of amides is 1. The first-order valence-electron chi connectivity index (χ1n) is 8.16. The van der Waals surface area contributed by atoms with E-state index in [1.807, 2.05) is 18.2 Å². The van der Waals surface area contributed by atoms with Crippen LogP contribution in [0.25, 0.3) is 10.9 Å². The van der Waals surface area contributed by atoms with Gasteiger partial charge < -0.3 is 10.2 Å². The lowest BCUT2D eigenvalue weighted by Gasteiger charge is -2.33. The van der Waals surface area contributed by atoms with Crippen LogP contribution in [0.1, 0.15) is 26.2 Å². The molecule has 1 aromatic heterocycles. The fraction of sp³-hybridized carbons (Fsp3) is 0.444. The number of hydrogen-bond acceptors (Lipinski definition) is 3. The normalized spacial score (nSPS) is 18.4. The number of fused-ring (bicyclic) bond motifs is 1. The maximum atomic E-state index is 12.2. The number of para-hydroxylation sites is 1. The van der Waals surface area contributed by atoms with Gasteiger partial charge in [-0.1, -0.05) is 25.1 Å². The molecule has 116 valence electrons. The number of aromatic nitrogens is 1. The van der Waals surface area contributed by atoms with Gasteiger partial charge in [-0.05, 0) is 37.5 Å². The minimum absolute atomic E-state index is 0.0774. The number of nitrogens with one attached hydrogen (secondary N) is 1. The Balaban J connectivity index is 1.74. The standard InChI is InChI=1S/C18H23N3O/c1-2-11-19-18(22)15-7-5-12-21(13-15)17-10-9-14-6-3-4-8-16(14)20-17/h3-4,6,8-10,15H,2,5,7,11-13H2,1H3,(H,19,22). The zero-order valence-electron chi connectivity index (χ0n) is 13.1. The molecule has 3 rings (SSSR count). The summed E-state index contributed by atoms with van der Waals surface area (Å²) in [6.45, 7) is 4.58. The molecule has 4 heteroatoms. The van der Waals surface area contributed by atoms with Gasteiger partial charge in [-0.15, -0.1) is 0 Å². The van der Waals surface area contributed by atoms with E-state index >= 15 is 0 Å². The van der Waals surface area contributed by atoms with Crippen molar-refractivity contribution in [1.29, 1.82) is 0 Å². The van der Waals surface area contributed by atoms with Crippen molar-refractivity contribution in [2.45, 2.75) is 26.2 Å². The van der Waals surface area contributed by atoms with Gasteiger partial charge in [0.05, 0.1) is 11.4 Å². The van der Waals surface area contributed by atoms with Crippen LogP contribution in [0, 0.1) is 5.92 Å². The summed E-state index contributed by atoms with van der Waals surface area (Å²) in [7, 11) is 0. The first-order valence-corrected chi connectivity index (χ1v) is 8.16. The molecule has 22 heavy (non-hydrogen) atoms. The van der Waals surface area contributed by atoms with Crippen molar-refractivity contribution in [2.24, 2.45) is 5.92 Å². The second kappa shape index (κ2) is 6.77. The molecule has 1 aliphatic rings. The third-order valence-electron chi connectivity index (χ3n) is 4.25. The van der Waals surface area contributed by atoms with E-state index in [0.29, 0.717) is 0 Å². The number of pyridine rings is 1. The highest BCUT2D eigenvalue weighted by Gasteiger charge is 2.26. The molecule has 1 atom stereocenters. The molecular formula is C18H23N3O. The summed E-state index contributed by atoms with van der Waals surface area (Å²) in [4.78, 5) is 19.2. The van der Waals surface area contributed by atoms with Gasteiger partial charge in [0.15, 0.2) is 0 Å². The molecule has 0 spiro atoms. The van der Waals surface area contributed by atoms with E-state index in [4.69, 9.17) is 4.98 Å². The Kier molecular flexibility index (Phi) is 4.56. The number of anilines is 1. The van der Waals surface area contributed by atoms with Crippen LogP contribution in [0.4, 0.5) is 5.82 Å². The molecule has 0 saturated carbocycles. The molecule has 2 aromatic rings. The lowest BCUT2D eigenvalue weighted by atomic mass is 9.97. The number of rotatable bonds is 4. The third-order valence-corrected chi connectivity index (χ3v) is 4.25. The second-order valence-electron chi connectivity index (χ2n) is 5.94. The van der Waals surface area contributed by atoms with Crippen LogP contribution in [-0.4, -0.2) is 30.5 Å². The average molecular weight is 297 g/mol. The SMILES string of the molecule is CCCNC(=O)C1CCCN(c2ccc3ccccc3n2)C1. The predicted octanol–water partition coefficient (Wildman–Crippen LogP) is 2.98. The summed E-state index contributed by atoms with van der Waals surface area (Å²) >= 11 is 0. The summed E-state index contributed by atoms with van der Waals surface area (Å²) in [6, 6.07) is 12.3. The van der Waals surface area contributed by atoms with Gasteiger partial charge >= 0.3 is 0 Å². The third kappa shape index (κ3) is 3.21. The summed E-state index contributed by atoms with van der Waals surface area (Å²) in [5.74, 6) is 1.24. The molecule has 1 N–H and O–H groups in total. The maximum absolute atomic E-state index is 12.2. The second-order valence-corrected chi connectivity index (χ2v) is 5.94. The summed E-state index contributed by atoms with van der Waals surface area (Å²) in [5.41, 5.74) is 1.01. The van der Waals surface area contributed by atoms with E-state index in [2.05, 4.69) is 35.3 Å². The van der Waals surface area contributed by atoms with Gasteiger partial charge in [0.25, 0.3) is 0 Å². The van der Waals surface area contributed by atoms with Crippen LogP contribution in [-0.2, 0) is 4.79 Å². The average Bonchev–Trinajstić information content (AvgIpc) is 2.59. The van der Waals surface area contributed by atoms with Gasteiger partial charge in [0.2, 0.25) is 5.91 Å². The number of carbonyl (C=O) groups is 1. The van der Waals surface area contributed by atoms with Crippen LogP contribution in [0.5, 0.6) is 0 Å². The van der Waals surface area contributed by atoms with E-state index in [-0.39, 0.29) is 11.8 Å². The molecule has 0 aliphatic carbocycles. The maximum Gasteiger partial charge on any atom is 0.224 e. The Labute approximate surface area is 131 Å². The molecular weight excluding hydrogens is 274 g/mol. The molecule has 1 aromatic carbocycles. The Morgan fingerprint density at radius 1 is 1.32 bits per heavy atom. The van der Waals surface area contributed by atoms with Gasteiger partial charge in [0.1, 0.15) is 5.82 Å². The van der Waals surface area contributed by atoms with Gasteiger partial charge in [-0.3, -0.25) is 4.79 Å². The Morgan fingerprint density at radius 3 is 3.05 bits per heavy atom. The molecule has 0 bridgehead atoms. The van der Waals surface area contributed by atoms with Crippen molar-refractivity contribution < 1.29 is 4.79 Å². The zero-order chi connectivity index (χ0) is 15.4. The summed E-state index contributed by atoms with van der Waals surface area (Å²) < 4.78 is 0. The highest BCUT2D eigenvalue weighted by atomic mass is 16.1. The number of carbonyl (C=O) groups excluding carboxylic acids is 1. The Hall–Kier alpha value is -2.10. The van der Waals surface area contributed by atoms with Crippen LogP contribution in [0.3, 0.4) is 0 Å².